The van der Waals surface area contributed by atoms with Crippen LogP contribution in [0, 0.1) is 5.41 Å². The lowest BCUT2D eigenvalue weighted by Gasteiger charge is -2.34. The predicted octanol–water partition coefficient (Wildman–Crippen LogP) is 3.29. The van der Waals surface area contributed by atoms with Crippen LogP contribution in [0.25, 0.3) is 0 Å². The van der Waals surface area contributed by atoms with Gasteiger partial charge in [-0.05, 0) is 56.5 Å². The summed E-state index contributed by atoms with van der Waals surface area (Å²) in [6, 6.07) is 7.15. The summed E-state index contributed by atoms with van der Waals surface area (Å²) in [5, 5.41) is 5.93. The number of hydrogen-bond acceptors (Lipinski definition) is 4. The molecule has 0 heterocycles. The summed E-state index contributed by atoms with van der Waals surface area (Å²) < 4.78 is 5.10. The second-order valence-electron chi connectivity index (χ2n) is 8.75. The molecule has 0 fully saturated rings. The molecule has 0 bridgehead atoms. The largest absolute Gasteiger partial charge is 0.497 e. The summed E-state index contributed by atoms with van der Waals surface area (Å²) >= 11 is 0. The Kier molecular flexibility index (Phi) is 8.28. The van der Waals surface area contributed by atoms with Crippen LogP contribution in [-0.2, 0) is 9.59 Å². The minimum atomic E-state index is -0.292. The van der Waals surface area contributed by atoms with Crippen molar-refractivity contribution >= 4 is 17.5 Å². The second kappa shape index (κ2) is 9.74. The van der Waals surface area contributed by atoms with Crippen molar-refractivity contribution in [1.82, 2.24) is 10.2 Å². The number of carbonyl (C=O) groups is 2. The molecule has 0 aromatic heterocycles. The summed E-state index contributed by atoms with van der Waals surface area (Å²) in [5.74, 6) is 0.518. The Balaban J connectivity index is 2.54. The van der Waals surface area contributed by atoms with Gasteiger partial charge in [-0.3, -0.25) is 14.5 Å². The maximum absolute atomic E-state index is 12.4. The lowest BCUT2D eigenvalue weighted by Crippen LogP contribution is -2.50. The fourth-order valence-corrected chi connectivity index (χ4v) is 3.35. The van der Waals surface area contributed by atoms with Gasteiger partial charge >= 0.3 is 0 Å². The standard InChI is InChI=1S/C21H35N3O3/c1-8-24(14-19(26)23-21(5,6)15-20(2,3)4)13-18(25)22-16-9-11-17(27-7)12-10-16/h9-12H,8,13-15H2,1-7H3,(H,22,25)(H,23,26). The first-order valence-electron chi connectivity index (χ1n) is 9.41. The summed E-state index contributed by atoms with van der Waals surface area (Å²) in [4.78, 5) is 26.5. The first kappa shape index (κ1) is 23.0. The van der Waals surface area contributed by atoms with Crippen molar-refractivity contribution < 1.29 is 14.3 Å². The van der Waals surface area contributed by atoms with Crippen LogP contribution in [0.15, 0.2) is 24.3 Å². The monoisotopic (exact) mass is 377 g/mol. The van der Waals surface area contributed by atoms with Crippen molar-refractivity contribution in [3.05, 3.63) is 24.3 Å². The Morgan fingerprint density at radius 1 is 1.00 bits per heavy atom. The Morgan fingerprint density at radius 3 is 2.04 bits per heavy atom. The van der Waals surface area contributed by atoms with E-state index in [1.807, 2.05) is 25.7 Å². The maximum atomic E-state index is 12.4. The summed E-state index contributed by atoms with van der Waals surface area (Å²) in [6.45, 7) is 13.4. The van der Waals surface area contributed by atoms with Crippen LogP contribution >= 0.6 is 0 Å². The van der Waals surface area contributed by atoms with Crippen molar-refractivity contribution in [1.29, 1.82) is 0 Å². The smallest absolute Gasteiger partial charge is 0.238 e. The Labute approximate surface area is 163 Å². The molecule has 0 spiro atoms. The highest BCUT2D eigenvalue weighted by Crippen LogP contribution is 2.26. The fourth-order valence-electron chi connectivity index (χ4n) is 3.35. The predicted molar refractivity (Wildman–Crippen MR) is 110 cm³/mol. The number of benzene rings is 1. The Hall–Kier alpha value is -2.08. The van der Waals surface area contributed by atoms with Crippen LogP contribution in [0.5, 0.6) is 5.75 Å². The molecule has 1 aromatic carbocycles. The van der Waals surface area contributed by atoms with Gasteiger partial charge in [-0.25, -0.2) is 0 Å². The van der Waals surface area contributed by atoms with Gasteiger partial charge < -0.3 is 15.4 Å². The van der Waals surface area contributed by atoms with Crippen LogP contribution in [0.4, 0.5) is 5.69 Å². The Bertz CT molecular complexity index is 619. The molecule has 2 N–H and O–H groups in total. The van der Waals surface area contributed by atoms with Gasteiger partial charge in [0.15, 0.2) is 0 Å². The molecule has 0 atom stereocenters. The summed E-state index contributed by atoms with van der Waals surface area (Å²) in [7, 11) is 1.60. The molecule has 6 heteroatoms. The molecule has 0 saturated heterocycles. The van der Waals surface area contributed by atoms with Crippen LogP contribution < -0.4 is 15.4 Å². The van der Waals surface area contributed by atoms with Gasteiger partial charge in [0.25, 0.3) is 0 Å². The first-order valence-corrected chi connectivity index (χ1v) is 9.41. The van der Waals surface area contributed by atoms with Crippen LogP contribution in [-0.4, -0.2) is 49.0 Å². The van der Waals surface area contributed by atoms with Crippen molar-refractivity contribution in [2.75, 3.05) is 32.1 Å². The van der Waals surface area contributed by atoms with Gasteiger partial charge in [0.1, 0.15) is 5.75 Å². The van der Waals surface area contributed by atoms with E-state index in [4.69, 9.17) is 4.74 Å². The van der Waals surface area contributed by atoms with E-state index in [0.717, 1.165) is 12.2 Å². The third-order valence-corrected chi connectivity index (χ3v) is 4.01. The van der Waals surface area contributed by atoms with E-state index in [1.165, 1.54) is 0 Å². The van der Waals surface area contributed by atoms with Crippen molar-refractivity contribution in [3.8, 4) is 5.75 Å². The van der Waals surface area contributed by atoms with E-state index in [1.54, 1.807) is 31.4 Å². The molecule has 1 aromatic rings. The first-order chi connectivity index (χ1) is 12.4. The third-order valence-electron chi connectivity index (χ3n) is 4.01. The molecule has 6 nitrogen and oxygen atoms in total. The lowest BCUT2D eigenvalue weighted by atomic mass is 9.82. The molecule has 0 aliphatic carbocycles. The molecule has 0 saturated carbocycles. The van der Waals surface area contributed by atoms with Crippen LogP contribution in [0.2, 0.25) is 0 Å². The number of amides is 2. The van der Waals surface area contributed by atoms with Gasteiger partial charge in [-0.1, -0.05) is 27.7 Å². The SMILES string of the molecule is CCN(CC(=O)Nc1ccc(OC)cc1)CC(=O)NC(C)(C)CC(C)(C)C. The number of methoxy groups -OCH3 is 1. The zero-order chi connectivity index (χ0) is 20.7. The zero-order valence-electron chi connectivity index (χ0n) is 17.8. The van der Waals surface area contributed by atoms with Crippen molar-refractivity contribution in [2.24, 2.45) is 5.41 Å². The average molecular weight is 378 g/mol. The quantitative estimate of drug-likeness (QED) is 0.693. The van der Waals surface area contributed by atoms with Gasteiger partial charge in [-0.15, -0.1) is 0 Å². The Morgan fingerprint density at radius 2 is 1.56 bits per heavy atom. The molecular formula is C21H35N3O3. The number of nitrogens with one attached hydrogen (secondary N) is 2. The molecule has 152 valence electrons. The van der Waals surface area contributed by atoms with E-state index >= 15 is 0 Å². The number of hydrogen-bond donors (Lipinski definition) is 2. The average Bonchev–Trinajstić information content (AvgIpc) is 2.51. The van der Waals surface area contributed by atoms with Crippen LogP contribution in [0.3, 0.4) is 0 Å². The lowest BCUT2D eigenvalue weighted by molar-refractivity contribution is -0.125. The molecule has 1 rings (SSSR count). The van der Waals surface area contributed by atoms with Crippen molar-refractivity contribution in [2.45, 2.75) is 53.5 Å². The maximum Gasteiger partial charge on any atom is 0.238 e. The molecule has 0 radical (unpaired) electrons. The minimum absolute atomic E-state index is 0.0663. The minimum Gasteiger partial charge on any atom is -0.497 e. The highest BCUT2D eigenvalue weighted by molar-refractivity contribution is 5.92. The molecular weight excluding hydrogens is 342 g/mol. The molecule has 2 amide bonds. The molecule has 0 unspecified atom stereocenters. The number of ether oxygens (including phenoxy) is 1. The van der Waals surface area contributed by atoms with E-state index in [0.29, 0.717) is 12.2 Å². The van der Waals surface area contributed by atoms with Crippen LogP contribution in [0.1, 0.15) is 48.0 Å². The van der Waals surface area contributed by atoms with Gasteiger partial charge in [-0.2, -0.15) is 0 Å². The van der Waals surface area contributed by atoms with Gasteiger partial charge in [0.05, 0.1) is 20.2 Å². The number of rotatable bonds is 9. The van der Waals surface area contributed by atoms with Crippen molar-refractivity contribution in [3.63, 3.8) is 0 Å². The van der Waals surface area contributed by atoms with Gasteiger partial charge in [0, 0.05) is 11.2 Å². The highest BCUT2D eigenvalue weighted by Gasteiger charge is 2.27. The third kappa shape index (κ3) is 9.43. The fraction of sp³-hybridized carbons (Fsp3) is 0.619. The molecule has 27 heavy (non-hydrogen) atoms. The summed E-state index contributed by atoms with van der Waals surface area (Å²) in [5.41, 5.74) is 0.534. The normalized spacial score (nSPS) is 12.0. The number of carbonyl (C=O) groups excluding carboxylic acids is 2. The second-order valence-corrected chi connectivity index (χ2v) is 8.75. The number of anilines is 1. The molecule has 0 aliphatic rings. The van der Waals surface area contributed by atoms with E-state index in [9.17, 15) is 9.59 Å². The topological polar surface area (TPSA) is 70.7 Å². The van der Waals surface area contributed by atoms with E-state index in [-0.39, 0.29) is 35.9 Å². The number of nitrogens with zero attached hydrogens (tertiary/aromatic N) is 1. The molecule has 0 aliphatic heterocycles. The number of likely N-dealkylation sites (N-methyl/N-ethyl adjacent to an activating group) is 1. The van der Waals surface area contributed by atoms with E-state index in [2.05, 4.69) is 31.4 Å². The highest BCUT2D eigenvalue weighted by atomic mass is 16.5. The van der Waals surface area contributed by atoms with E-state index < -0.39 is 0 Å². The zero-order valence-corrected chi connectivity index (χ0v) is 17.8. The summed E-state index contributed by atoms with van der Waals surface area (Å²) in [6.07, 6.45) is 0.871. The van der Waals surface area contributed by atoms with Gasteiger partial charge in [0.2, 0.25) is 11.8 Å².